The number of hydrogen-bond donors (Lipinski definition) is 2. The molecule has 0 aliphatic carbocycles. The molecular weight excluding hydrogens is 288 g/mol. The minimum Gasteiger partial charge on any atom is -0.370 e. The van der Waals surface area contributed by atoms with Crippen LogP contribution in [-0.4, -0.2) is 11.1 Å². The molecule has 0 spiro atoms. The molecule has 0 saturated heterocycles. The number of benzene rings is 1. The highest BCUT2D eigenvalue weighted by atomic mass is 16.5. The van der Waals surface area contributed by atoms with Crippen LogP contribution in [-0.2, 0) is 19.4 Å². The molecule has 0 aliphatic heterocycles. The normalized spacial score (nSPS) is 12.0. The molecule has 0 unspecified atom stereocenters. The van der Waals surface area contributed by atoms with Gasteiger partial charge in [-0.25, -0.2) is 4.99 Å². The average Bonchev–Trinajstić information content (AvgIpc) is 2.95. The first-order valence-corrected chi connectivity index (χ1v) is 8.18. The van der Waals surface area contributed by atoms with Crippen molar-refractivity contribution in [2.24, 2.45) is 10.7 Å². The third kappa shape index (κ3) is 4.34. The third-order valence-electron chi connectivity index (χ3n) is 3.84. The van der Waals surface area contributed by atoms with Crippen LogP contribution in [0.5, 0.6) is 0 Å². The summed E-state index contributed by atoms with van der Waals surface area (Å²) in [6.45, 7) is 8.93. The van der Waals surface area contributed by atoms with E-state index in [0.29, 0.717) is 18.4 Å². The zero-order chi connectivity index (χ0) is 16.8. The van der Waals surface area contributed by atoms with E-state index in [9.17, 15) is 0 Å². The lowest BCUT2D eigenvalue weighted by atomic mass is 10.0. The predicted molar refractivity (Wildman–Crippen MR) is 94.7 cm³/mol. The molecule has 0 radical (unpaired) electrons. The Labute approximate surface area is 138 Å². The zero-order valence-electron chi connectivity index (χ0n) is 14.4. The van der Waals surface area contributed by atoms with Crippen molar-refractivity contribution in [1.82, 2.24) is 5.16 Å². The molecule has 23 heavy (non-hydrogen) atoms. The van der Waals surface area contributed by atoms with E-state index in [1.165, 1.54) is 5.56 Å². The first kappa shape index (κ1) is 17.1. The molecule has 3 N–H and O–H groups in total. The largest absolute Gasteiger partial charge is 0.370 e. The van der Waals surface area contributed by atoms with E-state index in [4.69, 9.17) is 10.3 Å². The Morgan fingerprint density at radius 3 is 2.74 bits per heavy atom. The van der Waals surface area contributed by atoms with Crippen LogP contribution in [0.15, 0.2) is 33.8 Å². The Morgan fingerprint density at radius 1 is 1.30 bits per heavy atom. The fraction of sp³-hybridized carbons (Fsp3) is 0.444. The van der Waals surface area contributed by atoms with Gasteiger partial charge in [-0.1, -0.05) is 45.0 Å². The second kappa shape index (κ2) is 7.81. The molecule has 5 nitrogen and oxygen atoms in total. The van der Waals surface area contributed by atoms with Gasteiger partial charge >= 0.3 is 0 Å². The second-order valence-electron chi connectivity index (χ2n) is 5.84. The Balaban J connectivity index is 2.09. The highest BCUT2D eigenvalue weighted by Crippen LogP contribution is 2.19. The molecule has 0 atom stereocenters. The summed E-state index contributed by atoms with van der Waals surface area (Å²) in [5, 5.41) is 7.24. The standard InChI is InChI=1S/C18H26N4O/c1-5-16-15(17(6-2)23-22-16)11-20-18(19)21-14-9-7-8-13(10-14)12(3)4/h7-10,12H,5-6,11H2,1-4H3,(H3,19,20,21). The highest BCUT2D eigenvalue weighted by molar-refractivity contribution is 5.92. The molecule has 0 aliphatic rings. The van der Waals surface area contributed by atoms with E-state index in [1.807, 2.05) is 19.1 Å². The van der Waals surface area contributed by atoms with Crippen LogP contribution in [0.2, 0.25) is 0 Å². The van der Waals surface area contributed by atoms with Crippen molar-refractivity contribution in [2.75, 3.05) is 5.32 Å². The van der Waals surface area contributed by atoms with Crippen molar-refractivity contribution in [2.45, 2.75) is 53.0 Å². The molecule has 2 rings (SSSR count). The van der Waals surface area contributed by atoms with Gasteiger partial charge in [-0.15, -0.1) is 0 Å². The average molecular weight is 314 g/mol. The number of aliphatic imine (C=N–C) groups is 1. The first-order valence-electron chi connectivity index (χ1n) is 8.18. The van der Waals surface area contributed by atoms with Gasteiger partial charge in [-0.05, 0) is 30.0 Å². The Morgan fingerprint density at radius 2 is 2.09 bits per heavy atom. The Hall–Kier alpha value is -2.30. The van der Waals surface area contributed by atoms with Crippen LogP contribution in [0.4, 0.5) is 5.69 Å². The van der Waals surface area contributed by atoms with Crippen LogP contribution < -0.4 is 11.1 Å². The molecule has 2 aromatic rings. The highest BCUT2D eigenvalue weighted by Gasteiger charge is 2.12. The third-order valence-corrected chi connectivity index (χ3v) is 3.84. The molecule has 1 aromatic carbocycles. The van der Waals surface area contributed by atoms with Gasteiger partial charge in [0, 0.05) is 17.7 Å². The van der Waals surface area contributed by atoms with Crippen molar-refractivity contribution >= 4 is 11.6 Å². The predicted octanol–water partition coefficient (Wildman–Crippen LogP) is 3.85. The van der Waals surface area contributed by atoms with Crippen LogP contribution >= 0.6 is 0 Å². The fourth-order valence-corrected chi connectivity index (χ4v) is 2.44. The minimum atomic E-state index is 0.399. The van der Waals surface area contributed by atoms with Crippen LogP contribution in [0.1, 0.15) is 56.2 Å². The number of guanidine groups is 1. The number of hydrogen-bond acceptors (Lipinski definition) is 3. The van der Waals surface area contributed by atoms with Gasteiger partial charge in [0.05, 0.1) is 12.2 Å². The van der Waals surface area contributed by atoms with Gasteiger partial charge in [0.1, 0.15) is 5.76 Å². The summed E-state index contributed by atoms with van der Waals surface area (Å²) < 4.78 is 5.35. The summed E-state index contributed by atoms with van der Waals surface area (Å²) in [4.78, 5) is 4.44. The van der Waals surface area contributed by atoms with Crippen molar-refractivity contribution in [3.8, 4) is 0 Å². The lowest BCUT2D eigenvalue weighted by Crippen LogP contribution is -2.22. The summed E-state index contributed by atoms with van der Waals surface area (Å²) in [6, 6.07) is 8.22. The molecular formula is C18H26N4O. The summed E-state index contributed by atoms with van der Waals surface area (Å²) >= 11 is 0. The number of anilines is 1. The Kier molecular flexibility index (Phi) is 5.79. The fourth-order valence-electron chi connectivity index (χ4n) is 2.44. The second-order valence-corrected chi connectivity index (χ2v) is 5.84. The van der Waals surface area contributed by atoms with Gasteiger partial charge < -0.3 is 15.6 Å². The number of nitrogens with one attached hydrogen (secondary N) is 1. The van der Waals surface area contributed by atoms with E-state index in [0.717, 1.165) is 35.5 Å². The summed E-state index contributed by atoms with van der Waals surface area (Å²) in [5.74, 6) is 1.77. The van der Waals surface area contributed by atoms with Gasteiger partial charge in [-0.2, -0.15) is 0 Å². The summed E-state index contributed by atoms with van der Waals surface area (Å²) in [6.07, 6.45) is 1.64. The molecule has 124 valence electrons. The van der Waals surface area contributed by atoms with Crippen LogP contribution in [0.3, 0.4) is 0 Å². The number of nitrogens with zero attached hydrogens (tertiary/aromatic N) is 2. The van der Waals surface area contributed by atoms with Gasteiger partial charge in [0.25, 0.3) is 0 Å². The number of aryl methyl sites for hydroxylation is 2. The Bertz CT molecular complexity index is 652. The molecule has 0 fully saturated rings. The number of nitrogens with two attached hydrogens (primary N) is 1. The maximum atomic E-state index is 6.02. The van der Waals surface area contributed by atoms with Crippen molar-refractivity contribution in [3.05, 3.63) is 46.8 Å². The van der Waals surface area contributed by atoms with Crippen molar-refractivity contribution in [3.63, 3.8) is 0 Å². The molecule has 0 bridgehead atoms. The van der Waals surface area contributed by atoms with E-state index in [-0.39, 0.29) is 0 Å². The smallest absolute Gasteiger partial charge is 0.193 e. The van der Waals surface area contributed by atoms with E-state index in [1.54, 1.807) is 0 Å². The van der Waals surface area contributed by atoms with E-state index in [2.05, 4.69) is 48.4 Å². The molecule has 5 heteroatoms. The van der Waals surface area contributed by atoms with Crippen molar-refractivity contribution < 1.29 is 4.52 Å². The maximum Gasteiger partial charge on any atom is 0.193 e. The minimum absolute atomic E-state index is 0.399. The van der Waals surface area contributed by atoms with Crippen molar-refractivity contribution in [1.29, 1.82) is 0 Å². The van der Waals surface area contributed by atoms with Gasteiger partial charge in [0.15, 0.2) is 5.96 Å². The number of aromatic nitrogens is 1. The molecule has 0 saturated carbocycles. The summed E-state index contributed by atoms with van der Waals surface area (Å²) in [5.41, 5.74) is 10.2. The van der Waals surface area contributed by atoms with Gasteiger partial charge in [0.2, 0.25) is 0 Å². The lowest BCUT2D eigenvalue weighted by Gasteiger charge is -2.10. The van der Waals surface area contributed by atoms with Crippen LogP contribution in [0.25, 0.3) is 0 Å². The molecule has 1 aromatic heterocycles. The SMILES string of the molecule is CCc1noc(CC)c1CN=C(N)Nc1cccc(C(C)C)c1. The zero-order valence-corrected chi connectivity index (χ0v) is 14.4. The van der Waals surface area contributed by atoms with Crippen LogP contribution in [0, 0.1) is 0 Å². The van der Waals surface area contributed by atoms with E-state index < -0.39 is 0 Å². The van der Waals surface area contributed by atoms with Gasteiger partial charge in [-0.3, -0.25) is 0 Å². The van der Waals surface area contributed by atoms with E-state index >= 15 is 0 Å². The lowest BCUT2D eigenvalue weighted by molar-refractivity contribution is 0.380. The number of rotatable bonds is 6. The molecule has 1 heterocycles. The molecule has 0 amide bonds. The first-order chi connectivity index (χ1) is 11.0. The topological polar surface area (TPSA) is 76.4 Å². The monoisotopic (exact) mass is 314 g/mol. The summed E-state index contributed by atoms with van der Waals surface area (Å²) in [7, 11) is 0. The quantitative estimate of drug-likeness (QED) is 0.627. The maximum absolute atomic E-state index is 6.02.